The zero-order valence-corrected chi connectivity index (χ0v) is 19.4. The van der Waals surface area contributed by atoms with Crippen molar-refractivity contribution in [3.8, 4) is 0 Å². The highest BCUT2D eigenvalue weighted by Gasteiger charge is 2.29. The van der Waals surface area contributed by atoms with E-state index in [1.54, 1.807) is 24.3 Å². The van der Waals surface area contributed by atoms with Crippen molar-refractivity contribution in [3.63, 3.8) is 0 Å². The van der Waals surface area contributed by atoms with Gasteiger partial charge in [-0.1, -0.05) is 24.3 Å². The molecule has 1 unspecified atom stereocenters. The van der Waals surface area contributed by atoms with E-state index in [0.29, 0.717) is 23.2 Å². The van der Waals surface area contributed by atoms with Gasteiger partial charge in [-0.3, -0.25) is 4.79 Å². The molecule has 32 heavy (non-hydrogen) atoms. The summed E-state index contributed by atoms with van der Waals surface area (Å²) in [5.74, 6) is 0.831. The lowest BCUT2D eigenvalue weighted by atomic mass is 9.80. The largest absolute Gasteiger partial charge is 0.349 e. The Hall–Kier alpha value is -2.21. The van der Waals surface area contributed by atoms with Crippen LogP contribution in [0.3, 0.4) is 0 Å². The van der Waals surface area contributed by atoms with Gasteiger partial charge in [-0.15, -0.1) is 0 Å². The first kappa shape index (κ1) is 23.0. The SMILES string of the molecule is CC(NC(=O)C1CCC(CCS(=O)(=O)c2ccc(C3CC3)cc2)CC1)c1ccc(F)cc1. The van der Waals surface area contributed by atoms with Crippen molar-refractivity contribution in [1.82, 2.24) is 5.32 Å². The fourth-order valence-electron chi connectivity index (χ4n) is 4.68. The molecule has 0 spiro atoms. The van der Waals surface area contributed by atoms with Crippen LogP contribution in [0.15, 0.2) is 53.4 Å². The molecule has 1 amide bonds. The summed E-state index contributed by atoms with van der Waals surface area (Å²) in [7, 11) is -3.27. The number of carbonyl (C=O) groups is 1. The maximum absolute atomic E-state index is 13.1. The Kier molecular flexibility index (Phi) is 6.99. The monoisotopic (exact) mass is 457 g/mol. The highest BCUT2D eigenvalue weighted by molar-refractivity contribution is 7.91. The Morgan fingerprint density at radius 1 is 0.969 bits per heavy atom. The van der Waals surface area contributed by atoms with Gasteiger partial charge < -0.3 is 5.32 Å². The lowest BCUT2D eigenvalue weighted by Gasteiger charge is -2.28. The summed E-state index contributed by atoms with van der Waals surface area (Å²) in [6.07, 6.45) is 6.37. The van der Waals surface area contributed by atoms with E-state index in [-0.39, 0.29) is 29.4 Å². The summed E-state index contributed by atoms with van der Waals surface area (Å²) in [5, 5.41) is 3.04. The zero-order valence-electron chi connectivity index (χ0n) is 18.6. The molecule has 2 fully saturated rings. The highest BCUT2D eigenvalue weighted by atomic mass is 32.2. The Morgan fingerprint density at radius 2 is 1.59 bits per heavy atom. The fraction of sp³-hybridized carbons (Fsp3) is 0.500. The van der Waals surface area contributed by atoms with Gasteiger partial charge in [0.05, 0.1) is 16.7 Å². The molecule has 2 aliphatic rings. The maximum Gasteiger partial charge on any atom is 0.223 e. The van der Waals surface area contributed by atoms with Crippen LogP contribution in [-0.4, -0.2) is 20.1 Å². The number of nitrogens with one attached hydrogen (secondary N) is 1. The third-order valence-corrected chi connectivity index (χ3v) is 8.79. The van der Waals surface area contributed by atoms with Crippen LogP contribution in [0.5, 0.6) is 0 Å². The van der Waals surface area contributed by atoms with Gasteiger partial charge in [0.2, 0.25) is 5.91 Å². The molecule has 0 bridgehead atoms. The van der Waals surface area contributed by atoms with Gasteiger partial charge >= 0.3 is 0 Å². The average Bonchev–Trinajstić information content (AvgIpc) is 3.64. The van der Waals surface area contributed by atoms with E-state index in [9.17, 15) is 17.6 Å². The quantitative estimate of drug-likeness (QED) is 0.565. The van der Waals surface area contributed by atoms with Crippen molar-refractivity contribution in [2.24, 2.45) is 11.8 Å². The van der Waals surface area contributed by atoms with E-state index in [2.05, 4.69) is 5.32 Å². The van der Waals surface area contributed by atoms with Gasteiger partial charge in [-0.25, -0.2) is 12.8 Å². The molecule has 2 saturated carbocycles. The van der Waals surface area contributed by atoms with E-state index < -0.39 is 9.84 Å². The number of hydrogen-bond acceptors (Lipinski definition) is 3. The highest BCUT2D eigenvalue weighted by Crippen LogP contribution is 2.40. The molecule has 6 heteroatoms. The van der Waals surface area contributed by atoms with Gasteiger partial charge in [0.15, 0.2) is 9.84 Å². The number of halogens is 1. The third-order valence-electron chi connectivity index (χ3n) is 7.03. The van der Waals surface area contributed by atoms with E-state index in [1.807, 2.05) is 19.1 Å². The van der Waals surface area contributed by atoms with Crippen LogP contribution in [0.1, 0.15) is 75.0 Å². The summed E-state index contributed by atoms with van der Waals surface area (Å²) in [5.41, 5.74) is 2.12. The van der Waals surface area contributed by atoms with Crippen molar-refractivity contribution in [3.05, 3.63) is 65.5 Å². The molecular formula is C26H32FNO3S. The van der Waals surface area contributed by atoms with Crippen LogP contribution in [-0.2, 0) is 14.6 Å². The van der Waals surface area contributed by atoms with E-state index in [4.69, 9.17) is 0 Å². The molecule has 2 aromatic carbocycles. The number of hydrogen-bond donors (Lipinski definition) is 1. The average molecular weight is 458 g/mol. The number of carbonyl (C=O) groups excluding carboxylic acids is 1. The molecule has 1 atom stereocenters. The molecule has 0 heterocycles. The normalized spacial score (nSPS) is 22.3. The number of benzene rings is 2. The van der Waals surface area contributed by atoms with E-state index in [1.165, 1.54) is 30.5 Å². The third kappa shape index (κ3) is 5.77. The van der Waals surface area contributed by atoms with Gasteiger partial charge in [0.1, 0.15) is 5.82 Å². The molecule has 0 aromatic heterocycles. The Bertz CT molecular complexity index is 1020. The topological polar surface area (TPSA) is 63.2 Å². The van der Waals surface area contributed by atoms with Crippen LogP contribution in [0.25, 0.3) is 0 Å². The minimum atomic E-state index is -3.27. The van der Waals surface area contributed by atoms with Crippen molar-refractivity contribution in [1.29, 1.82) is 0 Å². The van der Waals surface area contributed by atoms with Gasteiger partial charge in [-0.2, -0.15) is 0 Å². The second-order valence-corrected chi connectivity index (χ2v) is 11.6. The van der Waals surface area contributed by atoms with E-state index >= 15 is 0 Å². The zero-order chi connectivity index (χ0) is 22.7. The minimum Gasteiger partial charge on any atom is -0.349 e. The molecular weight excluding hydrogens is 425 g/mol. The molecule has 0 radical (unpaired) electrons. The molecule has 2 aliphatic carbocycles. The number of sulfone groups is 1. The molecule has 0 aliphatic heterocycles. The summed E-state index contributed by atoms with van der Waals surface area (Å²) >= 11 is 0. The molecule has 172 valence electrons. The standard InChI is InChI=1S/C26H32FNO3S/c1-18(20-8-12-24(27)13-9-20)28-26(29)23-4-2-19(3-5-23)16-17-32(30,31)25-14-10-22(11-15-25)21-6-7-21/h8-15,18-19,21,23H,2-7,16-17H2,1H3,(H,28,29). The predicted octanol–water partition coefficient (Wildman–Crippen LogP) is 5.55. The van der Waals surface area contributed by atoms with Crippen LogP contribution < -0.4 is 5.32 Å². The summed E-state index contributed by atoms with van der Waals surface area (Å²) in [6.45, 7) is 1.90. The van der Waals surface area contributed by atoms with Gasteiger partial charge in [0, 0.05) is 5.92 Å². The minimum absolute atomic E-state index is 0.0312. The second kappa shape index (κ2) is 9.74. The van der Waals surface area contributed by atoms with Crippen LogP contribution in [0.2, 0.25) is 0 Å². The molecule has 1 N–H and O–H groups in total. The van der Waals surface area contributed by atoms with Crippen LogP contribution >= 0.6 is 0 Å². The first-order valence-electron chi connectivity index (χ1n) is 11.7. The Morgan fingerprint density at radius 3 is 2.19 bits per heavy atom. The lowest BCUT2D eigenvalue weighted by Crippen LogP contribution is -2.35. The Balaban J connectivity index is 1.22. The smallest absolute Gasteiger partial charge is 0.223 e. The lowest BCUT2D eigenvalue weighted by molar-refractivity contribution is -0.126. The van der Waals surface area contributed by atoms with Crippen molar-refractivity contribution < 1.29 is 17.6 Å². The summed E-state index contributed by atoms with van der Waals surface area (Å²) in [6, 6.07) is 13.4. The molecule has 2 aromatic rings. The summed E-state index contributed by atoms with van der Waals surface area (Å²) < 4.78 is 38.6. The predicted molar refractivity (Wildman–Crippen MR) is 123 cm³/mol. The molecule has 0 saturated heterocycles. The number of amides is 1. The van der Waals surface area contributed by atoms with Crippen LogP contribution in [0.4, 0.5) is 4.39 Å². The molecule has 4 rings (SSSR count). The van der Waals surface area contributed by atoms with Crippen molar-refractivity contribution in [2.45, 2.75) is 68.7 Å². The van der Waals surface area contributed by atoms with Crippen molar-refractivity contribution >= 4 is 15.7 Å². The van der Waals surface area contributed by atoms with Gasteiger partial charge in [-0.05, 0) is 99.1 Å². The van der Waals surface area contributed by atoms with Gasteiger partial charge in [0.25, 0.3) is 0 Å². The second-order valence-electron chi connectivity index (χ2n) is 9.45. The first-order valence-corrected chi connectivity index (χ1v) is 13.4. The fourth-order valence-corrected chi connectivity index (χ4v) is 6.11. The van der Waals surface area contributed by atoms with Crippen LogP contribution in [0, 0.1) is 17.7 Å². The Labute approximate surface area is 190 Å². The first-order chi connectivity index (χ1) is 15.3. The maximum atomic E-state index is 13.1. The summed E-state index contributed by atoms with van der Waals surface area (Å²) in [4.78, 5) is 13.1. The molecule has 4 nitrogen and oxygen atoms in total. The van der Waals surface area contributed by atoms with E-state index in [0.717, 1.165) is 31.2 Å². The van der Waals surface area contributed by atoms with Crippen molar-refractivity contribution in [2.75, 3.05) is 5.75 Å². The number of rotatable bonds is 8.